The lowest BCUT2D eigenvalue weighted by atomic mass is 9.76. The molecule has 2 heterocycles. The van der Waals surface area contributed by atoms with Crippen molar-refractivity contribution in [2.24, 2.45) is 0 Å². The van der Waals surface area contributed by atoms with Crippen LogP contribution < -0.4 is 10.2 Å². The third-order valence-corrected chi connectivity index (χ3v) is 14.4. The molecule has 4 N–H and O–H groups in total. The van der Waals surface area contributed by atoms with Crippen LogP contribution in [0.2, 0.25) is 0 Å². The van der Waals surface area contributed by atoms with E-state index in [1.165, 1.54) is 19.2 Å². The Balaban J connectivity index is 1.82. The van der Waals surface area contributed by atoms with Crippen molar-refractivity contribution in [1.82, 2.24) is 5.32 Å². The number of ether oxygens (including phenoxy) is 2. The number of hydrogen-bond donors (Lipinski definition) is 4. The number of aliphatic carboxylic acids is 1. The number of rotatable bonds is 26. The molecule has 0 aromatic heterocycles. The number of carbonyl (C=O) groups excluding carboxylic acids is 1. The second-order valence-electron chi connectivity index (χ2n) is 15.9. The lowest BCUT2D eigenvalue weighted by Crippen LogP contribution is -2.32. The predicted octanol–water partition coefficient (Wildman–Crippen LogP) is 5.16. The molecule has 1 amide bonds. The number of carboxylic acid groups (broad SMARTS) is 1. The Hall–Kier alpha value is -4.28. The van der Waals surface area contributed by atoms with E-state index in [-0.39, 0.29) is 36.5 Å². The monoisotopic (exact) mass is 938 g/mol. The molecule has 2 aliphatic heterocycles. The molecule has 4 rings (SSSR count). The first-order chi connectivity index (χ1) is 29.6. The van der Waals surface area contributed by atoms with Gasteiger partial charge in [0.25, 0.3) is 36.3 Å². The maximum atomic E-state index is 13.2. The molecule has 0 aliphatic carbocycles. The minimum absolute atomic E-state index is 0.0118. The Morgan fingerprint density at radius 3 is 2.08 bits per heavy atom. The summed E-state index contributed by atoms with van der Waals surface area (Å²) in [6, 6.07) is 9.99. The van der Waals surface area contributed by atoms with E-state index in [2.05, 4.69) is 10.2 Å². The summed E-state index contributed by atoms with van der Waals surface area (Å²) >= 11 is 0. The van der Waals surface area contributed by atoms with E-state index < -0.39 is 58.7 Å². The molecule has 2 atom stereocenters. The fourth-order valence-electron chi connectivity index (χ4n) is 8.33. The quantitative estimate of drug-likeness (QED) is 0.0313. The number of carbonyl (C=O) groups is 2. The first-order valence-corrected chi connectivity index (χ1v) is 25.2. The summed E-state index contributed by atoms with van der Waals surface area (Å²) in [6.07, 6.45) is 11.5. The number of nitrogens with zero attached hydrogens (tertiary/aromatic N) is 2. The number of anilines is 1. The van der Waals surface area contributed by atoms with Gasteiger partial charge in [0.2, 0.25) is 5.69 Å². The van der Waals surface area contributed by atoms with Crippen LogP contribution >= 0.6 is 0 Å². The van der Waals surface area contributed by atoms with Crippen molar-refractivity contribution in [3.8, 4) is 0 Å². The summed E-state index contributed by atoms with van der Waals surface area (Å²) in [4.78, 5) is 26.3. The van der Waals surface area contributed by atoms with Crippen LogP contribution in [0.25, 0.3) is 0 Å². The fourth-order valence-corrected chi connectivity index (χ4v) is 10.0. The van der Waals surface area contributed by atoms with Crippen LogP contribution in [0.5, 0.6) is 0 Å². The number of unbranched alkanes of at least 4 members (excludes halogenated alkanes) is 2. The average Bonchev–Trinajstić information content (AvgIpc) is 3.58. The van der Waals surface area contributed by atoms with Gasteiger partial charge < -0.3 is 24.8 Å². The summed E-state index contributed by atoms with van der Waals surface area (Å²) in [5.41, 5.74) is 3.03. The van der Waals surface area contributed by atoms with Crippen molar-refractivity contribution < 1.29 is 67.3 Å². The number of amides is 1. The molecule has 0 spiro atoms. The molecule has 17 nitrogen and oxygen atoms in total. The van der Waals surface area contributed by atoms with Crippen LogP contribution in [0.3, 0.4) is 0 Å². The Labute approximate surface area is 371 Å². The van der Waals surface area contributed by atoms with Gasteiger partial charge in [-0.05, 0) is 94.3 Å². The molecule has 0 saturated heterocycles. The lowest BCUT2D eigenvalue weighted by molar-refractivity contribution is -0.438. The summed E-state index contributed by atoms with van der Waals surface area (Å²) in [5, 5.41) is 12.0. The highest BCUT2D eigenvalue weighted by Crippen LogP contribution is 2.51. The topological polar surface area (TPSA) is 243 Å². The van der Waals surface area contributed by atoms with Gasteiger partial charge in [0.15, 0.2) is 5.71 Å². The molecule has 0 saturated carbocycles. The van der Waals surface area contributed by atoms with E-state index in [9.17, 15) is 49.1 Å². The van der Waals surface area contributed by atoms with E-state index in [1.54, 1.807) is 37.5 Å². The Morgan fingerprint density at radius 1 is 0.794 bits per heavy atom. The van der Waals surface area contributed by atoms with E-state index in [0.717, 1.165) is 29.8 Å². The SMILES string of the molecule is COCCNC(=O)c1ccc2c(c1)C(C)(CCCS(=O)(=O)O)\C(=C/C=C/C=C/C1=[N+](CCCCCC(=O)O)c3ccc(S(=O)(=O)OC)cc3C1(C)CCCS(=O)(=O)O)N2CCOC. The van der Waals surface area contributed by atoms with Crippen LogP contribution in [0, 0.1) is 0 Å². The Bertz CT molecular complexity index is 2450. The molecule has 0 fully saturated rings. The van der Waals surface area contributed by atoms with Gasteiger partial charge in [-0.2, -0.15) is 29.8 Å². The average molecular weight is 939 g/mol. The third kappa shape index (κ3) is 13.4. The zero-order valence-electron chi connectivity index (χ0n) is 36.4. The second-order valence-corrected chi connectivity index (χ2v) is 20.8. The lowest BCUT2D eigenvalue weighted by Gasteiger charge is -2.30. The summed E-state index contributed by atoms with van der Waals surface area (Å²) < 4.78 is 110. The van der Waals surface area contributed by atoms with Gasteiger partial charge in [0, 0.05) is 80.2 Å². The van der Waals surface area contributed by atoms with Gasteiger partial charge in [-0.25, -0.2) is 0 Å². The van der Waals surface area contributed by atoms with Crippen molar-refractivity contribution in [2.45, 2.75) is 80.9 Å². The van der Waals surface area contributed by atoms with E-state index >= 15 is 0 Å². The smallest absolute Gasteiger partial charge is 0.303 e. The first kappa shape index (κ1) is 51.4. The molecule has 20 heteroatoms. The van der Waals surface area contributed by atoms with Gasteiger partial charge in [0.05, 0.1) is 42.1 Å². The van der Waals surface area contributed by atoms with Crippen molar-refractivity contribution in [3.63, 3.8) is 0 Å². The zero-order chi connectivity index (χ0) is 46.6. The number of benzene rings is 2. The van der Waals surface area contributed by atoms with Crippen LogP contribution in [0.15, 0.2) is 77.4 Å². The van der Waals surface area contributed by atoms with Gasteiger partial charge >= 0.3 is 5.97 Å². The number of fused-ring (bicyclic) bond motifs is 2. The molecule has 2 aromatic rings. The molecule has 2 unspecified atom stereocenters. The highest BCUT2D eigenvalue weighted by Gasteiger charge is 2.48. The normalized spacial score (nSPS) is 19.7. The van der Waals surface area contributed by atoms with Gasteiger partial charge in [0.1, 0.15) is 6.54 Å². The third-order valence-electron chi connectivity index (χ3n) is 11.5. The molecular formula is C43H60N3O14S3+. The summed E-state index contributed by atoms with van der Waals surface area (Å²) in [7, 11) is -8.51. The molecular weight excluding hydrogens is 879 g/mol. The molecule has 0 bridgehead atoms. The number of methoxy groups -OCH3 is 2. The van der Waals surface area contributed by atoms with Crippen molar-refractivity contribution in [3.05, 3.63) is 89.2 Å². The van der Waals surface area contributed by atoms with Gasteiger partial charge in [-0.15, -0.1) is 0 Å². The van der Waals surface area contributed by atoms with E-state index in [4.69, 9.17) is 13.7 Å². The maximum Gasteiger partial charge on any atom is 0.303 e. The number of carboxylic acids is 1. The van der Waals surface area contributed by atoms with Crippen LogP contribution in [-0.4, -0.2) is 127 Å². The van der Waals surface area contributed by atoms with Gasteiger partial charge in [-0.1, -0.05) is 18.2 Å². The highest BCUT2D eigenvalue weighted by atomic mass is 32.2. The minimum Gasteiger partial charge on any atom is -0.481 e. The van der Waals surface area contributed by atoms with Crippen LogP contribution in [0.4, 0.5) is 11.4 Å². The van der Waals surface area contributed by atoms with Crippen molar-refractivity contribution in [1.29, 1.82) is 0 Å². The summed E-state index contributed by atoms with van der Waals surface area (Å²) in [6.45, 7) is 5.67. The largest absolute Gasteiger partial charge is 0.481 e. The Kier molecular flexibility index (Phi) is 18.0. The molecule has 2 aromatic carbocycles. The molecule has 63 heavy (non-hydrogen) atoms. The van der Waals surface area contributed by atoms with Gasteiger partial charge in [-0.3, -0.25) is 22.9 Å². The minimum atomic E-state index is -4.31. The predicted molar refractivity (Wildman–Crippen MR) is 239 cm³/mol. The zero-order valence-corrected chi connectivity index (χ0v) is 38.9. The highest BCUT2D eigenvalue weighted by molar-refractivity contribution is 7.86. The number of hydrogen-bond acceptors (Lipinski definition) is 12. The molecule has 348 valence electrons. The maximum absolute atomic E-state index is 13.2. The van der Waals surface area contributed by atoms with E-state index in [1.807, 2.05) is 42.7 Å². The molecule has 2 aliphatic rings. The Morgan fingerprint density at radius 2 is 1.46 bits per heavy atom. The fraction of sp³-hybridized carbons (Fsp3) is 0.512. The van der Waals surface area contributed by atoms with Crippen LogP contribution in [-0.2, 0) is 59.6 Å². The standard InChI is InChI=1S/C43H59N3O14S3/c1-42(21-12-28-61(50,51)52)34-30-32(41(49)44-23-26-58-3)17-19-36(34)46(25-27-59-4)39(42)15-9-6-8-14-38-43(2,22-13-29-62(53,54)55)35-31-33(63(56,57)60-5)18-20-37(35)45(38)24-11-7-10-16-40(47)48/h6,8-9,14-15,17-20,30-31H,7,10-13,16,21-29H2,1-5H3,(H3-,44,47,48,49,50,51,52,53,54,55)/p+1. The van der Waals surface area contributed by atoms with Crippen molar-refractivity contribution >= 4 is 59.3 Å². The number of allylic oxidation sites excluding steroid dienone is 6. The molecule has 0 radical (unpaired) electrons. The summed E-state index contributed by atoms with van der Waals surface area (Å²) in [5.74, 6) is -2.18. The van der Waals surface area contributed by atoms with Crippen molar-refractivity contribution in [2.75, 3.05) is 70.6 Å². The van der Waals surface area contributed by atoms with Crippen LogP contribution in [0.1, 0.15) is 86.7 Å². The second kappa shape index (κ2) is 22.1. The van der Waals surface area contributed by atoms with E-state index in [0.29, 0.717) is 75.3 Å². The number of nitrogens with one attached hydrogen (secondary N) is 1. The first-order valence-electron chi connectivity index (χ1n) is 20.6.